The van der Waals surface area contributed by atoms with Gasteiger partial charge in [-0.2, -0.15) is 0 Å². The van der Waals surface area contributed by atoms with E-state index in [9.17, 15) is 0 Å². The van der Waals surface area contributed by atoms with Crippen molar-refractivity contribution in [3.05, 3.63) is 46.7 Å². The van der Waals surface area contributed by atoms with Gasteiger partial charge in [-0.1, -0.05) is 35.5 Å². The summed E-state index contributed by atoms with van der Waals surface area (Å²) in [6.45, 7) is 7.11. The van der Waals surface area contributed by atoms with Gasteiger partial charge in [-0.25, -0.2) is 15.0 Å². The van der Waals surface area contributed by atoms with Crippen molar-refractivity contribution in [2.45, 2.75) is 49.1 Å². The van der Waals surface area contributed by atoms with Gasteiger partial charge in [0.25, 0.3) is 0 Å². The van der Waals surface area contributed by atoms with Crippen molar-refractivity contribution in [1.29, 1.82) is 0 Å². The molecule has 3 aromatic rings. The summed E-state index contributed by atoms with van der Waals surface area (Å²) in [7, 11) is 0. The fourth-order valence-corrected chi connectivity index (χ4v) is 6.47. The van der Waals surface area contributed by atoms with E-state index >= 15 is 0 Å². The molecule has 2 aliphatic heterocycles. The van der Waals surface area contributed by atoms with Crippen LogP contribution >= 0.6 is 34.7 Å². The van der Waals surface area contributed by atoms with Crippen LogP contribution in [0.5, 0.6) is 0 Å². The first-order valence-electron chi connectivity index (χ1n) is 10.6. The Bertz CT molecular complexity index is 1060. The second-order valence-corrected chi connectivity index (χ2v) is 10.8. The smallest absolute Gasteiger partial charge is 0.147 e. The maximum atomic E-state index is 6.70. The summed E-state index contributed by atoms with van der Waals surface area (Å²) in [5, 5.41) is 4.53. The second kappa shape index (κ2) is 8.70. The molecule has 2 fully saturated rings. The summed E-state index contributed by atoms with van der Waals surface area (Å²) in [4.78, 5) is 17.2. The Morgan fingerprint density at radius 3 is 2.71 bits per heavy atom. The van der Waals surface area contributed by atoms with Crippen molar-refractivity contribution >= 4 is 40.5 Å². The summed E-state index contributed by atoms with van der Waals surface area (Å²) in [6.07, 6.45) is 7.63. The van der Waals surface area contributed by atoms with Gasteiger partial charge in [0.2, 0.25) is 0 Å². The highest BCUT2D eigenvalue weighted by atomic mass is 35.5. The Labute approximate surface area is 196 Å². The molecule has 0 amide bonds. The Balaban J connectivity index is 1.26. The van der Waals surface area contributed by atoms with Crippen molar-refractivity contribution in [2.75, 3.05) is 24.6 Å². The third-order valence-corrected chi connectivity index (χ3v) is 8.68. The molecule has 1 atom stereocenters. The fraction of sp³-hybridized carbons (Fsp3) is 0.435. The highest BCUT2D eigenvalue weighted by Gasteiger charge is 2.41. The van der Waals surface area contributed by atoms with Gasteiger partial charge in [-0.05, 0) is 44.6 Å². The van der Waals surface area contributed by atoms with Crippen LogP contribution in [0, 0.1) is 12.3 Å². The number of thiazole rings is 1. The van der Waals surface area contributed by atoms with Crippen molar-refractivity contribution < 1.29 is 4.74 Å². The Hall–Kier alpha value is -1.67. The molecule has 0 unspecified atom stereocenters. The molecule has 5 rings (SSSR count). The van der Waals surface area contributed by atoms with Crippen LogP contribution in [0.4, 0.5) is 5.82 Å². The van der Waals surface area contributed by atoms with Crippen LogP contribution in [0.2, 0.25) is 5.02 Å². The maximum Gasteiger partial charge on any atom is 0.147 e. The molecular weight excluding hydrogens is 448 g/mol. The van der Waals surface area contributed by atoms with E-state index in [1.165, 1.54) is 18.2 Å². The summed E-state index contributed by atoms with van der Waals surface area (Å²) in [6, 6.07) is 6.04. The molecule has 0 radical (unpaired) electrons. The summed E-state index contributed by atoms with van der Waals surface area (Å²) >= 11 is 9.85. The molecule has 2 aliphatic rings. The van der Waals surface area contributed by atoms with Gasteiger partial charge in [0, 0.05) is 34.6 Å². The topological polar surface area (TPSA) is 51.1 Å². The number of ether oxygens (including phenoxy) is 1. The van der Waals surface area contributed by atoms with Gasteiger partial charge in [0.1, 0.15) is 15.9 Å². The predicted molar refractivity (Wildman–Crippen MR) is 127 cm³/mol. The van der Waals surface area contributed by atoms with E-state index in [0.29, 0.717) is 16.5 Å². The predicted octanol–water partition coefficient (Wildman–Crippen LogP) is 6.11. The van der Waals surface area contributed by atoms with Crippen molar-refractivity contribution in [2.24, 2.45) is 5.41 Å². The first kappa shape index (κ1) is 21.2. The molecule has 2 aromatic heterocycles. The molecular formula is C23H25ClN4OS2. The van der Waals surface area contributed by atoms with Crippen LogP contribution in [-0.2, 0) is 4.74 Å². The number of piperidine rings is 1. The molecule has 2 saturated heterocycles. The molecule has 4 heterocycles. The zero-order valence-electron chi connectivity index (χ0n) is 17.7. The quantitative estimate of drug-likeness (QED) is 0.456. The lowest BCUT2D eigenvalue weighted by atomic mass is 9.77. The van der Waals surface area contributed by atoms with Crippen LogP contribution in [-0.4, -0.2) is 40.8 Å². The summed E-state index contributed by atoms with van der Waals surface area (Å²) in [5.74, 6) is 0.948. The summed E-state index contributed by atoms with van der Waals surface area (Å²) in [5.41, 5.74) is 2.34. The average molecular weight is 473 g/mol. The minimum atomic E-state index is 0.372. The minimum Gasteiger partial charge on any atom is -0.378 e. The van der Waals surface area contributed by atoms with E-state index < -0.39 is 0 Å². The number of aryl methyl sites for hydroxylation is 1. The minimum absolute atomic E-state index is 0.372. The van der Waals surface area contributed by atoms with E-state index in [-0.39, 0.29) is 0 Å². The van der Waals surface area contributed by atoms with Crippen LogP contribution in [0.25, 0.3) is 10.6 Å². The molecule has 0 aliphatic carbocycles. The Morgan fingerprint density at radius 1 is 1.23 bits per heavy atom. The standard InChI is InChI=1S/C23H25ClN4OS2/c1-15-13-30-22(27-15)17-4-3-5-18(21(17)24)31-20-12-25-19(11-26-20)28-8-6-23(7-9-28)10-16(2)29-14-23/h3-5,11-13,16H,6-10,14H2,1-2H3/t16-/m0/s1. The fourth-order valence-electron chi connectivity index (χ4n) is 4.48. The number of rotatable bonds is 4. The lowest BCUT2D eigenvalue weighted by Gasteiger charge is -2.38. The molecule has 0 bridgehead atoms. The molecule has 31 heavy (non-hydrogen) atoms. The van der Waals surface area contributed by atoms with Gasteiger partial charge in [0.15, 0.2) is 0 Å². The van der Waals surface area contributed by atoms with Gasteiger partial charge in [-0.3, -0.25) is 0 Å². The normalized spacial score (nSPS) is 20.5. The zero-order valence-corrected chi connectivity index (χ0v) is 20.1. The number of halogens is 1. The molecule has 8 heteroatoms. The Morgan fingerprint density at radius 2 is 2.06 bits per heavy atom. The van der Waals surface area contributed by atoms with E-state index in [0.717, 1.165) is 64.5 Å². The molecule has 162 valence electrons. The summed E-state index contributed by atoms with van der Waals surface area (Å²) < 4.78 is 5.84. The second-order valence-electron chi connectivity index (χ2n) is 8.54. The van der Waals surface area contributed by atoms with Crippen LogP contribution in [0.3, 0.4) is 0 Å². The van der Waals surface area contributed by atoms with E-state index in [1.54, 1.807) is 11.3 Å². The number of aromatic nitrogens is 3. The van der Waals surface area contributed by atoms with Crippen molar-refractivity contribution in [1.82, 2.24) is 15.0 Å². The average Bonchev–Trinajstić information content (AvgIpc) is 3.36. The zero-order chi connectivity index (χ0) is 21.4. The monoisotopic (exact) mass is 472 g/mol. The lowest BCUT2D eigenvalue weighted by Crippen LogP contribution is -2.41. The van der Waals surface area contributed by atoms with Crippen LogP contribution in [0.15, 0.2) is 45.9 Å². The molecule has 0 N–H and O–H groups in total. The third-order valence-electron chi connectivity index (χ3n) is 6.18. The van der Waals surface area contributed by atoms with Gasteiger partial charge in [-0.15, -0.1) is 11.3 Å². The van der Waals surface area contributed by atoms with E-state index in [4.69, 9.17) is 21.3 Å². The first-order chi connectivity index (χ1) is 15.0. The largest absolute Gasteiger partial charge is 0.378 e. The molecule has 1 spiro atoms. The van der Waals surface area contributed by atoms with Crippen molar-refractivity contribution in [3.8, 4) is 10.6 Å². The highest BCUT2D eigenvalue weighted by molar-refractivity contribution is 7.99. The lowest BCUT2D eigenvalue weighted by molar-refractivity contribution is 0.0976. The van der Waals surface area contributed by atoms with Crippen molar-refractivity contribution in [3.63, 3.8) is 0 Å². The molecule has 5 nitrogen and oxygen atoms in total. The molecule has 0 saturated carbocycles. The molecule has 1 aromatic carbocycles. The van der Waals surface area contributed by atoms with Gasteiger partial charge < -0.3 is 9.64 Å². The highest BCUT2D eigenvalue weighted by Crippen LogP contribution is 2.43. The van der Waals surface area contributed by atoms with Gasteiger partial charge in [0.05, 0.1) is 30.1 Å². The van der Waals surface area contributed by atoms with E-state index in [2.05, 4.69) is 21.8 Å². The maximum absolute atomic E-state index is 6.70. The third kappa shape index (κ3) is 4.46. The van der Waals surface area contributed by atoms with Gasteiger partial charge >= 0.3 is 0 Å². The van der Waals surface area contributed by atoms with Crippen LogP contribution in [0.1, 0.15) is 31.9 Å². The number of nitrogens with zero attached hydrogens (tertiary/aromatic N) is 4. The van der Waals surface area contributed by atoms with Crippen LogP contribution < -0.4 is 4.90 Å². The number of benzene rings is 1. The number of hydrogen-bond acceptors (Lipinski definition) is 7. The number of hydrogen-bond donors (Lipinski definition) is 0. The first-order valence-corrected chi connectivity index (χ1v) is 12.7. The Kier molecular flexibility index (Phi) is 5.94. The number of anilines is 1. The van der Waals surface area contributed by atoms with E-state index in [1.807, 2.05) is 42.9 Å². The SMILES string of the molecule is Cc1csc(-c2cccc(Sc3cnc(N4CCC5(CC4)CO[C@@H](C)C5)cn3)c2Cl)n1.